The van der Waals surface area contributed by atoms with E-state index >= 15 is 0 Å². The van der Waals surface area contributed by atoms with Gasteiger partial charge in [-0.1, -0.05) is 79.4 Å². The number of rotatable bonds is 20. The fourth-order valence-electron chi connectivity index (χ4n) is 5.86. The van der Waals surface area contributed by atoms with Gasteiger partial charge >= 0.3 is 11.9 Å². The van der Waals surface area contributed by atoms with Crippen molar-refractivity contribution in [2.45, 2.75) is 69.6 Å². The van der Waals surface area contributed by atoms with Gasteiger partial charge in [0.2, 0.25) is 11.7 Å². The maximum Gasteiger partial charge on any atom is 0.335 e. The summed E-state index contributed by atoms with van der Waals surface area (Å²) in [6.45, 7) is 7.72. The number of likely N-dealkylation sites (tertiary alicyclic amines) is 1. The Balaban J connectivity index is 1.54. The molecule has 298 valence electrons. The number of ether oxygens (including phenoxy) is 3. The molecule has 0 bridgehead atoms. The van der Waals surface area contributed by atoms with E-state index in [1.807, 2.05) is 6.92 Å². The first-order valence-electron chi connectivity index (χ1n) is 17.5. The second-order valence-corrected chi connectivity index (χ2v) is 14.7. The highest BCUT2D eigenvalue weighted by Gasteiger charge is 2.61. The van der Waals surface area contributed by atoms with Crippen molar-refractivity contribution in [2.24, 2.45) is 22.4 Å². The summed E-state index contributed by atoms with van der Waals surface area (Å²) in [5.74, 6) is -9.04. The number of ketones is 1. The Bertz CT molecular complexity index is 2080. The van der Waals surface area contributed by atoms with Crippen molar-refractivity contribution in [1.82, 2.24) is 9.62 Å². The van der Waals surface area contributed by atoms with E-state index in [1.54, 1.807) is 80.6 Å². The molecule has 4 rings (SSSR count). The van der Waals surface area contributed by atoms with E-state index in [9.17, 15) is 37.5 Å². The van der Waals surface area contributed by atoms with E-state index in [0.29, 0.717) is 21.6 Å². The second-order valence-electron chi connectivity index (χ2n) is 13.0. The minimum Gasteiger partial charge on any atom is -0.479 e. The molecular weight excluding hydrogens is 747 g/mol. The number of guanidine groups is 1. The number of carboxylic acid groups (broad SMARTS) is 1. The number of aryl methyl sites for hydroxylation is 1. The van der Waals surface area contributed by atoms with Gasteiger partial charge in [0.05, 0.1) is 18.1 Å². The highest BCUT2D eigenvalue weighted by atomic mass is 32.2. The van der Waals surface area contributed by atoms with Crippen LogP contribution in [0.15, 0.2) is 95.3 Å². The first kappa shape index (κ1) is 43.0. The Morgan fingerprint density at radius 1 is 0.964 bits per heavy atom. The number of carbonyl (C=O) groups is 5. The highest BCUT2D eigenvalue weighted by molar-refractivity contribution is 7.90. The van der Waals surface area contributed by atoms with E-state index in [2.05, 4.69) is 16.3 Å². The molecule has 1 heterocycles. The number of hydrogen-bond acceptors (Lipinski definition) is 12. The summed E-state index contributed by atoms with van der Waals surface area (Å²) in [4.78, 5) is 71.4. The molecule has 1 saturated heterocycles. The molecule has 56 heavy (non-hydrogen) atoms. The molecule has 3 aromatic carbocycles. The number of esters is 1. The number of aliphatic carboxylic acids is 1. The number of β-lactam (4-membered cyclic amide) rings is 2. The van der Waals surface area contributed by atoms with Crippen molar-refractivity contribution < 1.29 is 51.7 Å². The molecule has 2 amide bonds. The van der Waals surface area contributed by atoms with Gasteiger partial charge < -0.3 is 25.1 Å². The smallest absolute Gasteiger partial charge is 0.335 e. The summed E-state index contributed by atoms with van der Waals surface area (Å²) >= 11 is 0. The number of amides is 2. The van der Waals surface area contributed by atoms with Gasteiger partial charge in [0.25, 0.3) is 21.8 Å². The van der Waals surface area contributed by atoms with Crippen LogP contribution in [0.25, 0.3) is 0 Å². The molecule has 0 radical (unpaired) electrons. The van der Waals surface area contributed by atoms with Crippen molar-refractivity contribution in [3.63, 3.8) is 0 Å². The number of sulfonamides is 1. The normalized spacial score (nSPS) is 15.6. The topological polar surface area (TPSA) is 247 Å². The molecule has 3 atom stereocenters. The molecule has 3 aromatic rings. The molecule has 16 nitrogen and oxygen atoms in total. The molecule has 1 unspecified atom stereocenters. The molecule has 1 aliphatic rings. The largest absolute Gasteiger partial charge is 0.479 e. The lowest BCUT2D eigenvalue weighted by atomic mass is 9.83. The van der Waals surface area contributed by atoms with Gasteiger partial charge in [-0.05, 0) is 67.5 Å². The van der Waals surface area contributed by atoms with E-state index in [-0.39, 0.29) is 44.1 Å². The van der Waals surface area contributed by atoms with Crippen LogP contribution in [-0.2, 0) is 61.4 Å². The lowest BCUT2D eigenvalue weighted by Gasteiger charge is -2.43. The summed E-state index contributed by atoms with van der Waals surface area (Å²) in [5, 5.41) is 10.1. The summed E-state index contributed by atoms with van der Waals surface area (Å²) < 4.78 is 44.8. The number of benzene rings is 3. The van der Waals surface area contributed by atoms with Crippen LogP contribution < -0.4 is 16.2 Å². The van der Waals surface area contributed by atoms with Crippen LogP contribution in [0.3, 0.4) is 0 Å². The Labute approximate surface area is 324 Å². The average molecular weight is 792 g/mol. The number of carboxylic acids is 1. The minimum atomic E-state index is -4.09. The van der Waals surface area contributed by atoms with E-state index < -0.39 is 69.3 Å². The van der Waals surface area contributed by atoms with Crippen LogP contribution in [0, 0.1) is 26.7 Å². The Kier molecular flexibility index (Phi) is 14.4. The molecule has 0 aromatic heterocycles. The molecule has 1 aliphatic heterocycles. The Hall–Kier alpha value is -5.75. The lowest BCUT2D eigenvalue weighted by Crippen LogP contribution is -2.72. The first-order chi connectivity index (χ1) is 26.5. The van der Waals surface area contributed by atoms with Crippen molar-refractivity contribution in [2.75, 3.05) is 13.2 Å². The zero-order chi connectivity index (χ0) is 41.2. The summed E-state index contributed by atoms with van der Waals surface area (Å²) in [7, 11) is -4.09. The molecule has 0 aliphatic carbocycles. The van der Waals surface area contributed by atoms with Gasteiger partial charge in [-0.3, -0.25) is 30.0 Å². The summed E-state index contributed by atoms with van der Waals surface area (Å²) in [6, 6.07) is 18.0. The van der Waals surface area contributed by atoms with Gasteiger partial charge in [-0.15, -0.1) is 0 Å². The Morgan fingerprint density at radius 2 is 1.55 bits per heavy atom. The fraction of sp³-hybridized carbons (Fsp3) is 0.333. The van der Waals surface area contributed by atoms with E-state index in [4.69, 9.17) is 25.7 Å². The number of imide groups is 1. The second kappa shape index (κ2) is 18.7. The maximum atomic E-state index is 14.0. The van der Waals surface area contributed by atoms with Crippen molar-refractivity contribution in [1.29, 1.82) is 0 Å². The number of hydrogen-bond donors (Lipinski definition) is 4. The van der Waals surface area contributed by atoms with Crippen molar-refractivity contribution in [3.8, 4) is 0 Å². The number of nitrogens with one attached hydrogen (secondary N) is 1. The molecule has 0 saturated carbocycles. The van der Waals surface area contributed by atoms with Crippen LogP contribution >= 0.6 is 0 Å². The zero-order valence-corrected chi connectivity index (χ0v) is 32.0. The number of nitrogens with two attached hydrogens (primary N) is 2. The SMILES string of the molecule is C=CCOC(=O)[C@H](C(OCc1ccccc1)C(=O)O)N1C(=O)C(C(=O)[C@@](N)(CCCN=C(N)NS(=O)(=O)c2ccc(C)c(C)c2C)OCc2ccccc2)C1=O. The van der Waals surface area contributed by atoms with Crippen LogP contribution in [0.5, 0.6) is 0 Å². The summed E-state index contributed by atoms with van der Waals surface area (Å²) in [6.07, 6.45) is -1.23. The molecule has 1 fully saturated rings. The predicted octanol–water partition coefficient (Wildman–Crippen LogP) is 2.18. The third-order valence-electron chi connectivity index (χ3n) is 9.18. The van der Waals surface area contributed by atoms with Crippen LogP contribution in [-0.4, -0.2) is 84.9 Å². The predicted molar refractivity (Wildman–Crippen MR) is 203 cm³/mol. The number of Topliss-reactive ketones (excluding diaryl/α,β-unsaturated/α-hetero) is 1. The molecule has 17 heteroatoms. The van der Waals surface area contributed by atoms with Gasteiger partial charge in [0.1, 0.15) is 6.61 Å². The van der Waals surface area contributed by atoms with Gasteiger partial charge in [0.15, 0.2) is 23.8 Å². The third-order valence-corrected chi connectivity index (χ3v) is 10.7. The van der Waals surface area contributed by atoms with Gasteiger partial charge in [-0.2, -0.15) is 0 Å². The Morgan fingerprint density at radius 3 is 2.12 bits per heavy atom. The number of carbonyl (C=O) groups excluding carboxylic acids is 4. The monoisotopic (exact) mass is 791 g/mol. The average Bonchev–Trinajstić information content (AvgIpc) is 3.16. The van der Waals surface area contributed by atoms with Crippen LogP contribution in [0.1, 0.15) is 40.7 Å². The molecule has 0 spiro atoms. The molecular formula is C39H45N5O11S. The summed E-state index contributed by atoms with van der Waals surface area (Å²) in [5.41, 5.74) is 13.6. The first-order valence-corrected chi connectivity index (χ1v) is 18.9. The van der Waals surface area contributed by atoms with Gasteiger partial charge in [-0.25, -0.2) is 22.7 Å². The number of aliphatic imine (C=N–C) groups is 1. The lowest BCUT2D eigenvalue weighted by molar-refractivity contribution is -0.190. The quantitative estimate of drug-likeness (QED) is 0.0188. The minimum absolute atomic E-state index is 0.0251. The third kappa shape index (κ3) is 10.1. The van der Waals surface area contributed by atoms with Crippen LogP contribution in [0.4, 0.5) is 0 Å². The van der Waals surface area contributed by atoms with E-state index in [0.717, 1.165) is 11.1 Å². The van der Waals surface area contributed by atoms with E-state index in [1.165, 1.54) is 12.1 Å². The van der Waals surface area contributed by atoms with Crippen molar-refractivity contribution in [3.05, 3.63) is 113 Å². The van der Waals surface area contributed by atoms with Gasteiger partial charge in [0, 0.05) is 6.54 Å². The number of nitrogens with zero attached hydrogens (tertiary/aromatic N) is 2. The zero-order valence-electron chi connectivity index (χ0n) is 31.2. The van der Waals surface area contributed by atoms with Crippen LogP contribution in [0.2, 0.25) is 0 Å². The fourth-order valence-corrected chi connectivity index (χ4v) is 7.11. The molecule has 6 N–H and O–H groups in total. The standard InChI is InChI=1S/C39H45N5O11S/c1-5-21-53-37(50)31(32(36(48)49)54-22-27-13-8-6-9-14-27)44-34(46)30(35(44)47)33(45)39(41,55-23-28-15-10-7-11-16-28)19-12-20-42-38(40)43-56(51,52)29-18-17-24(2)25(3)26(29)4/h5-11,13-18,30-32H,1,12,19-23,41H2,2-4H3,(H,48,49)(H3,40,42,43)/t31-,32?,39+/m0/s1. The van der Waals surface area contributed by atoms with Crippen molar-refractivity contribution >= 4 is 45.5 Å². The highest BCUT2D eigenvalue weighted by Crippen LogP contribution is 2.32. The maximum absolute atomic E-state index is 14.0.